The predicted octanol–water partition coefficient (Wildman–Crippen LogP) is -0.536. The van der Waals surface area contributed by atoms with Crippen LogP contribution in [0.15, 0.2) is 0 Å². The summed E-state index contributed by atoms with van der Waals surface area (Å²) < 4.78 is 0. The molecule has 80 valence electrons. The Balaban J connectivity index is 1.75. The van der Waals surface area contributed by atoms with Crippen molar-refractivity contribution in [2.75, 3.05) is 26.2 Å². The van der Waals surface area contributed by atoms with Crippen molar-refractivity contribution in [3.05, 3.63) is 0 Å². The summed E-state index contributed by atoms with van der Waals surface area (Å²) in [5, 5.41) is 9.65. The zero-order valence-electron chi connectivity index (χ0n) is 8.51. The van der Waals surface area contributed by atoms with Crippen LogP contribution in [-0.2, 0) is 4.79 Å². The van der Waals surface area contributed by atoms with E-state index >= 15 is 0 Å². The summed E-state index contributed by atoms with van der Waals surface area (Å²) in [6, 6.07) is 0.407. The second kappa shape index (κ2) is 4.75. The Morgan fingerprint density at radius 2 is 1.79 bits per heavy atom. The first-order valence-corrected chi connectivity index (χ1v) is 5.58. The van der Waals surface area contributed by atoms with Crippen LogP contribution < -0.4 is 16.0 Å². The highest BCUT2D eigenvalue weighted by atomic mass is 16.2. The van der Waals surface area contributed by atoms with Gasteiger partial charge in [-0.3, -0.25) is 4.79 Å². The van der Waals surface area contributed by atoms with Crippen LogP contribution in [-0.4, -0.2) is 38.1 Å². The molecule has 14 heavy (non-hydrogen) atoms. The van der Waals surface area contributed by atoms with Crippen LogP contribution in [0.5, 0.6) is 0 Å². The molecule has 1 amide bonds. The van der Waals surface area contributed by atoms with Gasteiger partial charge in [-0.25, -0.2) is 0 Å². The van der Waals surface area contributed by atoms with Gasteiger partial charge in [0.2, 0.25) is 5.91 Å². The summed E-state index contributed by atoms with van der Waals surface area (Å²) in [6.07, 6.45) is 3.15. The van der Waals surface area contributed by atoms with E-state index < -0.39 is 0 Å². The van der Waals surface area contributed by atoms with Gasteiger partial charge < -0.3 is 16.0 Å². The van der Waals surface area contributed by atoms with Crippen molar-refractivity contribution >= 4 is 5.91 Å². The van der Waals surface area contributed by atoms with Gasteiger partial charge in [-0.2, -0.15) is 0 Å². The molecule has 0 aromatic heterocycles. The molecule has 1 atom stereocenters. The molecule has 2 fully saturated rings. The molecule has 0 saturated carbocycles. The van der Waals surface area contributed by atoms with Crippen molar-refractivity contribution in [3.8, 4) is 0 Å². The van der Waals surface area contributed by atoms with Crippen LogP contribution in [0, 0.1) is 5.92 Å². The summed E-state index contributed by atoms with van der Waals surface area (Å²) in [6.45, 7) is 3.92. The highest BCUT2D eigenvalue weighted by Gasteiger charge is 2.24. The van der Waals surface area contributed by atoms with Gasteiger partial charge in [0.05, 0.1) is 5.92 Å². The summed E-state index contributed by atoms with van der Waals surface area (Å²) in [5.74, 6) is 0.465. The molecule has 0 bridgehead atoms. The molecule has 3 N–H and O–H groups in total. The second-order valence-electron chi connectivity index (χ2n) is 4.22. The Hall–Kier alpha value is -0.610. The van der Waals surface area contributed by atoms with Crippen molar-refractivity contribution in [1.29, 1.82) is 0 Å². The van der Waals surface area contributed by atoms with Gasteiger partial charge in [-0.05, 0) is 38.9 Å². The third-order valence-corrected chi connectivity index (χ3v) is 3.12. The van der Waals surface area contributed by atoms with Crippen molar-refractivity contribution in [1.82, 2.24) is 16.0 Å². The average Bonchev–Trinajstić information content (AvgIpc) is 2.72. The van der Waals surface area contributed by atoms with Crippen molar-refractivity contribution in [2.45, 2.75) is 25.3 Å². The third-order valence-electron chi connectivity index (χ3n) is 3.12. The molecule has 2 rings (SSSR count). The van der Waals surface area contributed by atoms with E-state index in [9.17, 15) is 4.79 Å². The van der Waals surface area contributed by atoms with E-state index in [1.54, 1.807) is 0 Å². The molecule has 4 heteroatoms. The van der Waals surface area contributed by atoms with E-state index in [0.29, 0.717) is 6.04 Å². The largest absolute Gasteiger partial charge is 0.353 e. The smallest absolute Gasteiger partial charge is 0.224 e. The summed E-state index contributed by atoms with van der Waals surface area (Å²) in [4.78, 5) is 11.7. The molecule has 0 aromatic carbocycles. The van der Waals surface area contributed by atoms with E-state index in [-0.39, 0.29) is 11.8 Å². The first kappa shape index (κ1) is 9.93. The molecule has 4 nitrogen and oxygen atoms in total. The van der Waals surface area contributed by atoms with Crippen LogP contribution >= 0.6 is 0 Å². The summed E-state index contributed by atoms with van der Waals surface area (Å²) in [5.41, 5.74) is 0. The molecule has 0 spiro atoms. The van der Waals surface area contributed by atoms with E-state index in [1.165, 1.54) is 0 Å². The molecule has 0 aliphatic carbocycles. The van der Waals surface area contributed by atoms with E-state index in [1.807, 2.05) is 0 Å². The van der Waals surface area contributed by atoms with Crippen molar-refractivity contribution in [2.24, 2.45) is 5.92 Å². The Kier molecular flexibility index (Phi) is 3.37. The minimum Gasteiger partial charge on any atom is -0.353 e. The van der Waals surface area contributed by atoms with Gasteiger partial charge in [0.1, 0.15) is 0 Å². The minimum absolute atomic E-state index is 0.213. The van der Waals surface area contributed by atoms with Crippen LogP contribution in [0.2, 0.25) is 0 Å². The highest BCUT2D eigenvalue weighted by molar-refractivity contribution is 5.79. The van der Waals surface area contributed by atoms with E-state index in [4.69, 9.17) is 0 Å². The lowest BCUT2D eigenvalue weighted by atomic mass is 10.0. The Bertz CT molecular complexity index is 196. The van der Waals surface area contributed by atoms with Crippen LogP contribution in [0.25, 0.3) is 0 Å². The van der Waals surface area contributed by atoms with Gasteiger partial charge in [0.15, 0.2) is 0 Å². The lowest BCUT2D eigenvalue weighted by Crippen LogP contribution is -2.45. The SMILES string of the molecule is O=C(NC1CCNCC1)C1CCNC1. The van der Waals surface area contributed by atoms with Gasteiger partial charge >= 0.3 is 0 Å². The predicted molar refractivity (Wildman–Crippen MR) is 55.0 cm³/mol. The Morgan fingerprint density at radius 1 is 1.07 bits per heavy atom. The number of nitrogens with one attached hydrogen (secondary N) is 3. The maximum Gasteiger partial charge on any atom is 0.224 e. The summed E-state index contributed by atoms with van der Waals surface area (Å²) >= 11 is 0. The molecule has 2 aliphatic rings. The quantitative estimate of drug-likeness (QED) is 0.557. The number of carbonyl (C=O) groups is 1. The molecule has 2 saturated heterocycles. The fourth-order valence-electron chi connectivity index (χ4n) is 2.16. The molecule has 2 heterocycles. The van der Waals surface area contributed by atoms with Crippen molar-refractivity contribution in [3.63, 3.8) is 0 Å². The Labute approximate surface area is 84.8 Å². The number of carbonyl (C=O) groups excluding carboxylic acids is 1. The maximum absolute atomic E-state index is 11.7. The van der Waals surface area contributed by atoms with Gasteiger partial charge in [0, 0.05) is 12.6 Å². The maximum atomic E-state index is 11.7. The number of rotatable bonds is 2. The zero-order valence-corrected chi connectivity index (χ0v) is 8.51. The fraction of sp³-hybridized carbons (Fsp3) is 0.900. The Morgan fingerprint density at radius 3 is 2.43 bits per heavy atom. The number of amides is 1. The number of piperidine rings is 1. The normalized spacial score (nSPS) is 29.0. The topological polar surface area (TPSA) is 53.2 Å². The van der Waals surface area contributed by atoms with Gasteiger partial charge in [-0.15, -0.1) is 0 Å². The van der Waals surface area contributed by atoms with E-state index in [0.717, 1.165) is 45.4 Å². The zero-order chi connectivity index (χ0) is 9.80. The van der Waals surface area contributed by atoms with E-state index in [2.05, 4.69) is 16.0 Å². The lowest BCUT2D eigenvalue weighted by molar-refractivity contribution is -0.125. The molecule has 2 aliphatic heterocycles. The molecular formula is C10H19N3O. The highest BCUT2D eigenvalue weighted by Crippen LogP contribution is 2.09. The summed E-state index contributed by atoms with van der Waals surface area (Å²) in [7, 11) is 0. The van der Waals surface area contributed by atoms with Crippen LogP contribution in [0.1, 0.15) is 19.3 Å². The fourth-order valence-corrected chi connectivity index (χ4v) is 2.16. The minimum atomic E-state index is 0.213. The van der Waals surface area contributed by atoms with Gasteiger partial charge in [0.25, 0.3) is 0 Å². The first-order valence-electron chi connectivity index (χ1n) is 5.58. The number of hydrogen-bond acceptors (Lipinski definition) is 3. The van der Waals surface area contributed by atoms with Crippen molar-refractivity contribution < 1.29 is 4.79 Å². The van der Waals surface area contributed by atoms with Gasteiger partial charge in [-0.1, -0.05) is 0 Å². The monoisotopic (exact) mass is 197 g/mol. The molecule has 0 radical (unpaired) electrons. The van der Waals surface area contributed by atoms with Crippen LogP contribution in [0.4, 0.5) is 0 Å². The molecule has 1 unspecified atom stereocenters. The standard InChI is InChI=1S/C10H19N3O/c14-10(8-1-4-12-7-8)13-9-2-5-11-6-3-9/h8-9,11-12H,1-7H2,(H,13,14). The second-order valence-corrected chi connectivity index (χ2v) is 4.22. The third kappa shape index (κ3) is 2.45. The molecular weight excluding hydrogens is 178 g/mol. The molecule has 0 aromatic rings. The first-order chi connectivity index (χ1) is 6.86. The average molecular weight is 197 g/mol. The van der Waals surface area contributed by atoms with Crippen LogP contribution in [0.3, 0.4) is 0 Å². The number of hydrogen-bond donors (Lipinski definition) is 3. The lowest BCUT2D eigenvalue weighted by Gasteiger charge is -2.24.